The lowest BCUT2D eigenvalue weighted by molar-refractivity contribution is -0.135. The summed E-state index contributed by atoms with van der Waals surface area (Å²) in [5, 5.41) is 0. The second-order valence-corrected chi connectivity index (χ2v) is 5.65. The normalized spacial score (nSPS) is 11.3. The van der Waals surface area contributed by atoms with Gasteiger partial charge in [0.25, 0.3) is 0 Å². The lowest BCUT2D eigenvalue weighted by Crippen LogP contribution is -2.43. The van der Waals surface area contributed by atoms with Crippen molar-refractivity contribution in [3.8, 4) is 0 Å². The van der Waals surface area contributed by atoms with E-state index in [1.54, 1.807) is 4.57 Å². The van der Waals surface area contributed by atoms with Crippen molar-refractivity contribution in [2.45, 2.75) is 46.3 Å². The highest BCUT2D eigenvalue weighted by atomic mass is 16.2. The Morgan fingerprint density at radius 2 is 1.86 bits per heavy atom. The number of para-hydroxylation sites is 2. The van der Waals surface area contributed by atoms with Crippen LogP contribution < -0.4 is 0 Å². The number of carbonyl (C=O) groups excluding carboxylic acids is 2. The Bertz CT molecular complexity index is 651. The number of hydrogen-bond acceptors (Lipinski definition) is 3. The minimum atomic E-state index is -0.00810. The molecule has 1 aromatic heterocycles. The average Bonchev–Trinajstić information content (AvgIpc) is 2.76. The Kier molecular flexibility index (Phi) is 4.40. The first-order valence-electron chi connectivity index (χ1n) is 7.17. The van der Waals surface area contributed by atoms with Gasteiger partial charge in [-0.15, -0.1) is 0 Å². The largest absolute Gasteiger partial charge is 0.336 e. The maximum Gasteiger partial charge on any atom is 0.243 e. The van der Waals surface area contributed by atoms with E-state index in [-0.39, 0.29) is 30.4 Å². The highest BCUT2D eigenvalue weighted by Crippen LogP contribution is 2.16. The van der Waals surface area contributed by atoms with Gasteiger partial charge in [-0.25, -0.2) is 4.98 Å². The standard InChI is InChI=1S/C16H21N3O2/c1-11(2)19(12(3)4)16(21)9-18-14-8-6-5-7-13(14)17-15(18)10-20/h5-8,10-12H,9H2,1-4H3. The molecule has 2 aromatic rings. The van der Waals surface area contributed by atoms with Crippen LogP contribution in [0.1, 0.15) is 38.3 Å². The number of benzene rings is 1. The second-order valence-electron chi connectivity index (χ2n) is 5.65. The van der Waals surface area contributed by atoms with E-state index in [0.717, 1.165) is 11.0 Å². The summed E-state index contributed by atoms with van der Waals surface area (Å²) in [6, 6.07) is 7.69. The molecule has 0 aliphatic carbocycles. The van der Waals surface area contributed by atoms with Gasteiger partial charge in [0, 0.05) is 12.1 Å². The highest BCUT2D eigenvalue weighted by molar-refractivity contribution is 5.86. The molecule has 0 N–H and O–H groups in total. The molecule has 0 fully saturated rings. The smallest absolute Gasteiger partial charge is 0.243 e. The summed E-state index contributed by atoms with van der Waals surface area (Å²) < 4.78 is 1.68. The molecule has 112 valence electrons. The highest BCUT2D eigenvalue weighted by Gasteiger charge is 2.22. The van der Waals surface area contributed by atoms with Crippen LogP contribution in [0, 0.1) is 0 Å². The Balaban J connectivity index is 2.38. The predicted octanol–water partition coefficient (Wildman–Crippen LogP) is 2.49. The molecule has 0 saturated carbocycles. The van der Waals surface area contributed by atoms with Crippen molar-refractivity contribution in [3.05, 3.63) is 30.1 Å². The Hall–Kier alpha value is -2.17. The first-order chi connectivity index (χ1) is 9.95. The summed E-state index contributed by atoms with van der Waals surface area (Å²) in [4.78, 5) is 29.9. The molecule has 1 heterocycles. The van der Waals surface area contributed by atoms with Gasteiger partial charge in [0.05, 0.1) is 11.0 Å². The van der Waals surface area contributed by atoms with E-state index in [1.165, 1.54) is 0 Å². The van der Waals surface area contributed by atoms with Crippen molar-refractivity contribution >= 4 is 23.2 Å². The van der Waals surface area contributed by atoms with Crippen LogP contribution in [0.4, 0.5) is 0 Å². The summed E-state index contributed by atoms with van der Waals surface area (Å²) in [5.74, 6) is 0.281. The van der Waals surface area contributed by atoms with Crippen molar-refractivity contribution in [2.75, 3.05) is 0 Å². The molecule has 1 aromatic carbocycles. The molecule has 0 aliphatic rings. The molecule has 21 heavy (non-hydrogen) atoms. The lowest BCUT2D eigenvalue weighted by atomic mass is 10.2. The summed E-state index contributed by atoms with van der Waals surface area (Å²) >= 11 is 0. The van der Waals surface area contributed by atoms with Crippen LogP contribution in [0.3, 0.4) is 0 Å². The molecule has 2 rings (SSSR count). The Labute approximate surface area is 124 Å². The van der Waals surface area contributed by atoms with Crippen molar-refractivity contribution in [3.63, 3.8) is 0 Å². The van der Waals surface area contributed by atoms with Crippen LogP contribution in [0.25, 0.3) is 11.0 Å². The number of carbonyl (C=O) groups is 2. The van der Waals surface area contributed by atoms with E-state index in [1.807, 2.05) is 56.9 Å². The fraction of sp³-hybridized carbons (Fsp3) is 0.438. The number of imidazole rings is 1. The zero-order valence-corrected chi connectivity index (χ0v) is 12.9. The van der Waals surface area contributed by atoms with Gasteiger partial charge in [-0.05, 0) is 39.8 Å². The average molecular weight is 287 g/mol. The third-order valence-electron chi connectivity index (χ3n) is 3.48. The molecular weight excluding hydrogens is 266 g/mol. The molecule has 0 bridgehead atoms. The predicted molar refractivity (Wildman–Crippen MR) is 82.2 cm³/mol. The van der Waals surface area contributed by atoms with Gasteiger partial charge >= 0.3 is 0 Å². The molecule has 0 spiro atoms. The van der Waals surface area contributed by atoms with Crippen LogP contribution in [0.5, 0.6) is 0 Å². The molecule has 5 heteroatoms. The van der Waals surface area contributed by atoms with Gasteiger partial charge in [-0.2, -0.15) is 0 Å². The zero-order valence-electron chi connectivity index (χ0n) is 12.9. The molecule has 5 nitrogen and oxygen atoms in total. The minimum absolute atomic E-state index is 0.00810. The quantitative estimate of drug-likeness (QED) is 0.794. The van der Waals surface area contributed by atoms with Gasteiger partial charge in [-0.3, -0.25) is 9.59 Å². The van der Waals surface area contributed by atoms with Gasteiger partial charge in [0.15, 0.2) is 12.1 Å². The van der Waals surface area contributed by atoms with Gasteiger partial charge in [-0.1, -0.05) is 12.1 Å². The number of rotatable bonds is 5. The maximum atomic E-state index is 12.6. The van der Waals surface area contributed by atoms with E-state index in [0.29, 0.717) is 6.29 Å². The molecule has 0 atom stereocenters. The Morgan fingerprint density at radius 1 is 1.24 bits per heavy atom. The van der Waals surface area contributed by atoms with Crippen molar-refractivity contribution in [2.24, 2.45) is 0 Å². The number of hydrogen-bond donors (Lipinski definition) is 0. The van der Waals surface area contributed by atoms with Crippen LogP contribution in [-0.2, 0) is 11.3 Å². The number of fused-ring (bicyclic) bond motifs is 1. The first kappa shape index (κ1) is 15.2. The third-order valence-corrected chi connectivity index (χ3v) is 3.48. The topological polar surface area (TPSA) is 55.2 Å². The van der Waals surface area contributed by atoms with Crippen LogP contribution >= 0.6 is 0 Å². The third kappa shape index (κ3) is 2.96. The number of nitrogens with zero attached hydrogens (tertiary/aromatic N) is 3. The zero-order chi connectivity index (χ0) is 15.6. The van der Waals surface area contributed by atoms with Crippen molar-refractivity contribution in [1.29, 1.82) is 0 Å². The first-order valence-corrected chi connectivity index (χ1v) is 7.17. The molecule has 0 aliphatic heterocycles. The van der Waals surface area contributed by atoms with Crippen LogP contribution in [0.2, 0.25) is 0 Å². The van der Waals surface area contributed by atoms with Crippen LogP contribution in [0.15, 0.2) is 24.3 Å². The maximum absolute atomic E-state index is 12.6. The van der Waals surface area contributed by atoms with Gasteiger partial charge in [0.1, 0.15) is 6.54 Å². The monoisotopic (exact) mass is 287 g/mol. The van der Waals surface area contributed by atoms with Crippen molar-refractivity contribution < 1.29 is 9.59 Å². The summed E-state index contributed by atoms with van der Waals surface area (Å²) in [7, 11) is 0. The van der Waals surface area contributed by atoms with Gasteiger partial charge in [0.2, 0.25) is 5.91 Å². The SMILES string of the molecule is CC(C)N(C(=O)Cn1c(C=O)nc2ccccc21)C(C)C. The van der Waals surface area contributed by atoms with Crippen molar-refractivity contribution in [1.82, 2.24) is 14.5 Å². The Morgan fingerprint density at radius 3 is 2.43 bits per heavy atom. The molecule has 0 radical (unpaired) electrons. The fourth-order valence-corrected chi connectivity index (χ4v) is 2.74. The summed E-state index contributed by atoms with van der Waals surface area (Å²) in [6.07, 6.45) is 0.697. The fourth-order valence-electron chi connectivity index (χ4n) is 2.74. The minimum Gasteiger partial charge on any atom is -0.336 e. The van der Waals surface area contributed by atoms with E-state index in [4.69, 9.17) is 0 Å². The van der Waals surface area contributed by atoms with E-state index in [9.17, 15) is 9.59 Å². The summed E-state index contributed by atoms with van der Waals surface area (Å²) in [6.45, 7) is 8.09. The lowest BCUT2D eigenvalue weighted by Gasteiger charge is -2.31. The van der Waals surface area contributed by atoms with Crippen LogP contribution in [-0.4, -0.2) is 38.7 Å². The molecule has 1 amide bonds. The van der Waals surface area contributed by atoms with Gasteiger partial charge < -0.3 is 9.47 Å². The van der Waals surface area contributed by atoms with E-state index >= 15 is 0 Å². The summed E-state index contributed by atoms with van der Waals surface area (Å²) in [5.41, 5.74) is 1.54. The molecule has 0 saturated heterocycles. The van der Waals surface area contributed by atoms with E-state index in [2.05, 4.69) is 4.98 Å². The van der Waals surface area contributed by atoms with E-state index < -0.39 is 0 Å². The molecular formula is C16H21N3O2. The second kappa shape index (κ2) is 6.08. The molecule has 0 unspecified atom stereocenters. The number of aldehydes is 1. The number of aromatic nitrogens is 2. The number of amides is 1.